The zero-order valence-electron chi connectivity index (χ0n) is 9.30. The molecule has 0 atom stereocenters. The number of rotatable bonds is 6. The maximum atomic E-state index is 12.6. The van der Waals surface area contributed by atoms with Gasteiger partial charge in [0.2, 0.25) is 0 Å². The van der Waals surface area contributed by atoms with Crippen LogP contribution in [0, 0.1) is 5.82 Å². The van der Waals surface area contributed by atoms with Crippen molar-refractivity contribution in [2.45, 2.75) is 12.1 Å². The van der Waals surface area contributed by atoms with E-state index in [1.807, 2.05) is 0 Å². The molecule has 0 heterocycles. The van der Waals surface area contributed by atoms with Crippen LogP contribution in [0.15, 0.2) is 24.3 Å². The Hall–Kier alpha value is -0.720. The maximum Gasteiger partial charge on any atom is 0.123 e. The standard InChI is InChI=1S/C11H16FNO3.ClH/c12-10-3-1-9(2-4-10)5-16-8-11(13,6-14)7-15;/h1-4,14-15H,5-8,13H2;1H. The van der Waals surface area contributed by atoms with Crippen molar-refractivity contribution < 1.29 is 19.3 Å². The van der Waals surface area contributed by atoms with E-state index in [0.717, 1.165) is 5.56 Å². The number of benzene rings is 1. The lowest BCUT2D eigenvalue weighted by molar-refractivity contribution is 0.0180. The van der Waals surface area contributed by atoms with Crippen LogP contribution < -0.4 is 5.73 Å². The van der Waals surface area contributed by atoms with E-state index in [-0.39, 0.29) is 44.7 Å². The third-order valence-corrected chi connectivity index (χ3v) is 2.20. The number of nitrogens with two attached hydrogens (primary N) is 1. The van der Waals surface area contributed by atoms with Gasteiger partial charge in [-0.05, 0) is 17.7 Å². The fraction of sp³-hybridized carbons (Fsp3) is 0.455. The van der Waals surface area contributed by atoms with Gasteiger partial charge >= 0.3 is 0 Å². The van der Waals surface area contributed by atoms with Gasteiger partial charge < -0.3 is 20.7 Å². The number of hydrogen-bond donors (Lipinski definition) is 3. The van der Waals surface area contributed by atoms with Gasteiger partial charge in [-0.2, -0.15) is 0 Å². The highest BCUT2D eigenvalue weighted by atomic mass is 35.5. The van der Waals surface area contributed by atoms with Crippen LogP contribution in [0.25, 0.3) is 0 Å². The highest BCUT2D eigenvalue weighted by Gasteiger charge is 2.23. The fourth-order valence-corrected chi connectivity index (χ4v) is 1.09. The first-order chi connectivity index (χ1) is 7.59. The third-order valence-electron chi connectivity index (χ3n) is 2.20. The van der Waals surface area contributed by atoms with Crippen molar-refractivity contribution in [3.8, 4) is 0 Å². The zero-order valence-corrected chi connectivity index (χ0v) is 10.1. The summed E-state index contributed by atoms with van der Waals surface area (Å²) in [5.41, 5.74) is 5.28. The van der Waals surface area contributed by atoms with Crippen LogP contribution in [0.2, 0.25) is 0 Å². The maximum absolute atomic E-state index is 12.6. The second kappa shape index (κ2) is 7.58. The van der Waals surface area contributed by atoms with Gasteiger partial charge in [0, 0.05) is 0 Å². The van der Waals surface area contributed by atoms with Crippen molar-refractivity contribution in [1.82, 2.24) is 0 Å². The summed E-state index contributed by atoms with van der Waals surface area (Å²) < 4.78 is 17.8. The van der Waals surface area contributed by atoms with E-state index in [1.165, 1.54) is 12.1 Å². The molecule has 4 N–H and O–H groups in total. The Balaban J connectivity index is 0.00000256. The Morgan fingerprint density at radius 3 is 2.18 bits per heavy atom. The highest BCUT2D eigenvalue weighted by Crippen LogP contribution is 2.06. The van der Waals surface area contributed by atoms with Crippen LogP contribution in [-0.4, -0.2) is 35.6 Å². The minimum absolute atomic E-state index is 0. The van der Waals surface area contributed by atoms with Crippen LogP contribution in [0.3, 0.4) is 0 Å². The predicted octanol–water partition coefficient (Wildman–Crippen LogP) is 0.446. The average molecular weight is 266 g/mol. The molecule has 6 heteroatoms. The molecule has 0 fully saturated rings. The summed E-state index contributed by atoms with van der Waals surface area (Å²) in [5.74, 6) is -0.303. The van der Waals surface area contributed by atoms with E-state index in [0.29, 0.717) is 0 Å². The van der Waals surface area contributed by atoms with Gasteiger partial charge in [0.05, 0.1) is 32.0 Å². The predicted molar refractivity (Wildman–Crippen MR) is 64.4 cm³/mol. The molecule has 1 rings (SSSR count). The Morgan fingerprint density at radius 2 is 1.71 bits per heavy atom. The molecule has 0 aliphatic carbocycles. The van der Waals surface area contributed by atoms with Crippen molar-refractivity contribution in [3.05, 3.63) is 35.6 Å². The van der Waals surface area contributed by atoms with Crippen LogP contribution >= 0.6 is 12.4 Å². The Kier molecular flexibility index (Phi) is 7.26. The van der Waals surface area contributed by atoms with Gasteiger partial charge in [-0.25, -0.2) is 4.39 Å². The molecular weight excluding hydrogens is 249 g/mol. The molecule has 0 aromatic heterocycles. The first kappa shape index (κ1) is 16.3. The minimum atomic E-state index is -1.12. The Bertz CT molecular complexity index is 317. The van der Waals surface area contributed by atoms with Crippen molar-refractivity contribution in [1.29, 1.82) is 0 Å². The van der Waals surface area contributed by atoms with E-state index in [2.05, 4.69) is 0 Å². The van der Waals surface area contributed by atoms with Crippen LogP contribution in [0.5, 0.6) is 0 Å². The lowest BCUT2D eigenvalue weighted by Crippen LogP contribution is -2.51. The van der Waals surface area contributed by atoms with Gasteiger partial charge in [0.15, 0.2) is 0 Å². The second-order valence-electron chi connectivity index (χ2n) is 3.80. The average Bonchev–Trinajstić information content (AvgIpc) is 2.31. The topological polar surface area (TPSA) is 75.7 Å². The van der Waals surface area contributed by atoms with Crippen molar-refractivity contribution in [3.63, 3.8) is 0 Å². The molecule has 4 nitrogen and oxygen atoms in total. The molecule has 17 heavy (non-hydrogen) atoms. The fourth-order valence-electron chi connectivity index (χ4n) is 1.09. The molecule has 1 aromatic rings. The minimum Gasteiger partial charge on any atom is -0.394 e. The molecule has 0 radical (unpaired) electrons. The monoisotopic (exact) mass is 265 g/mol. The molecule has 98 valence electrons. The summed E-state index contributed by atoms with van der Waals surface area (Å²) in [6, 6.07) is 5.88. The van der Waals surface area contributed by atoms with E-state index in [4.69, 9.17) is 20.7 Å². The number of ether oxygens (including phenoxy) is 1. The number of aliphatic hydroxyl groups excluding tert-OH is 2. The molecule has 0 bridgehead atoms. The van der Waals surface area contributed by atoms with E-state index >= 15 is 0 Å². The van der Waals surface area contributed by atoms with Gasteiger partial charge in [-0.1, -0.05) is 12.1 Å². The third kappa shape index (κ3) is 5.43. The summed E-state index contributed by atoms with van der Waals surface area (Å²) in [6.07, 6.45) is 0. The molecule has 0 spiro atoms. The van der Waals surface area contributed by atoms with Gasteiger partial charge in [0.25, 0.3) is 0 Å². The normalized spacial score (nSPS) is 11.1. The Morgan fingerprint density at radius 1 is 1.18 bits per heavy atom. The van der Waals surface area contributed by atoms with Crippen molar-refractivity contribution in [2.75, 3.05) is 19.8 Å². The van der Waals surface area contributed by atoms with Crippen molar-refractivity contribution >= 4 is 12.4 Å². The van der Waals surface area contributed by atoms with Crippen LogP contribution in [-0.2, 0) is 11.3 Å². The molecule has 0 aliphatic rings. The number of aliphatic hydroxyl groups is 2. The summed E-state index contributed by atoms with van der Waals surface area (Å²) in [7, 11) is 0. The first-order valence-corrected chi connectivity index (χ1v) is 4.92. The Labute approximate surface area is 106 Å². The lowest BCUT2D eigenvalue weighted by Gasteiger charge is -2.24. The summed E-state index contributed by atoms with van der Waals surface area (Å²) >= 11 is 0. The lowest BCUT2D eigenvalue weighted by atomic mass is 10.1. The zero-order chi connectivity index (χ0) is 12.0. The van der Waals surface area contributed by atoms with Gasteiger partial charge in [-0.3, -0.25) is 0 Å². The van der Waals surface area contributed by atoms with E-state index < -0.39 is 5.54 Å². The molecule has 0 unspecified atom stereocenters. The summed E-state index contributed by atoms with van der Waals surface area (Å²) in [6.45, 7) is -0.406. The van der Waals surface area contributed by atoms with E-state index in [1.54, 1.807) is 12.1 Å². The molecule has 0 saturated heterocycles. The molecule has 0 amide bonds. The summed E-state index contributed by atoms with van der Waals surface area (Å²) in [5, 5.41) is 17.8. The number of halogens is 2. The van der Waals surface area contributed by atoms with Gasteiger partial charge in [0.1, 0.15) is 5.82 Å². The molecule has 0 aliphatic heterocycles. The SMILES string of the molecule is Cl.NC(CO)(CO)COCc1ccc(F)cc1. The largest absolute Gasteiger partial charge is 0.394 e. The summed E-state index contributed by atoms with van der Waals surface area (Å²) in [4.78, 5) is 0. The van der Waals surface area contributed by atoms with Crippen LogP contribution in [0.4, 0.5) is 4.39 Å². The number of hydrogen-bond acceptors (Lipinski definition) is 4. The molecule has 1 aromatic carbocycles. The second-order valence-corrected chi connectivity index (χ2v) is 3.80. The first-order valence-electron chi connectivity index (χ1n) is 4.92. The smallest absolute Gasteiger partial charge is 0.123 e. The van der Waals surface area contributed by atoms with E-state index in [9.17, 15) is 4.39 Å². The highest BCUT2D eigenvalue weighted by molar-refractivity contribution is 5.85. The van der Waals surface area contributed by atoms with Crippen molar-refractivity contribution in [2.24, 2.45) is 5.73 Å². The molecule has 0 saturated carbocycles. The van der Waals surface area contributed by atoms with Crippen LogP contribution in [0.1, 0.15) is 5.56 Å². The quantitative estimate of drug-likeness (QED) is 0.698. The molecular formula is C11H17ClFNO3. The van der Waals surface area contributed by atoms with Gasteiger partial charge in [-0.15, -0.1) is 12.4 Å².